The summed E-state index contributed by atoms with van der Waals surface area (Å²) in [6.45, 7) is 1.95. The molecule has 0 amide bonds. The van der Waals surface area contributed by atoms with Gasteiger partial charge in [-0.05, 0) is 50.3 Å². The molecule has 2 atom stereocenters. The van der Waals surface area contributed by atoms with E-state index in [1.807, 2.05) is 37.3 Å². The highest BCUT2D eigenvalue weighted by Gasteiger charge is 2.28. The monoisotopic (exact) mass is 514 g/mol. The van der Waals surface area contributed by atoms with Gasteiger partial charge in [-0.1, -0.05) is 35.5 Å². The molecule has 1 fully saturated rings. The summed E-state index contributed by atoms with van der Waals surface area (Å²) in [5, 5.41) is 17.5. The Bertz CT molecular complexity index is 1310. The third-order valence-electron chi connectivity index (χ3n) is 6.23. The first-order valence-corrected chi connectivity index (χ1v) is 13.2. The van der Waals surface area contributed by atoms with Crippen LogP contribution in [0.5, 0.6) is 5.75 Å². The first-order chi connectivity index (χ1) is 17.2. The van der Waals surface area contributed by atoms with Crippen LogP contribution in [0.25, 0.3) is 11.4 Å². The van der Waals surface area contributed by atoms with Gasteiger partial charge in [0.25, 0.3) is 10.2 Å². The van der Waals surface area contributed by atoms with E-state index in [4.69, 9.17) is 4.74 Å². The molecule has 11 nitrogen and oxygen atoms in total. The van der Waals surface area contributed by atoms with Crippen LogP contribution < -0.4 is 14.2 Å². The molecule has 1 aliphatic carbocycles. The fourth-order valence-corrected chi connectivity index (χ4v) is 5.01. The minimum Gasteiger partial charge on any atom is -0.489 e. The molecule has 0 spiro atoms. The Kier molecular flexibility index (Phi) is 7.97. The van der Waals surface area contributed by atoms with Crippen molar-refractivity contribution in [3.05, 3.63) is 59.4 Å². The zero-order chi connectivity index (χ0) is 25.7. The van der Waals surface area contributed by atoms with Crippen molar-refractivity contribution in [3.8, 4) is 17.1 Å². The Morgan fingerprint density at radius 3 is 2.61 bits per heavy atom. The summed E-state index contributed by atoms with van der Waals surface area (Å²) in [5.74, 6) is -0.579. The zero-order valence-electron chi connectivity index (χ0n) is 20.2. The quantitative estimate of drug-likeness (QED) is 0.373. The number of hydrogen-bond acceptors (Lipinski definition) is 7. The summed E-state index contributed by atoms with van der Waals surface area (Å²) >= 11 is 0. The lowest BCUT2D eigenvalue weighted by atomic mass is 9.87. The number of aliphatic carboxylic acids is 1. The Balaban J connectivity index is 1.42. The highest BCUT2D eigenvalue weighted by Crippen LogP contribution is 2.30. The number of benzene rings is 1. The van der Waals surface area contributed by atoms with Gasteiger partial charge >= 0.3 is 5.97 Å². The van der Waals surface area contributed by atoms with Crippen molar-refractivity contribution in [2.24, 2.45) is 13.0 Å². The molecular formula is C24H30N6O5S. The zero-order valence-corrected chi connectivity index (χ0v) is 21.0. The van der Waals surface area contributed by atoms with Crippen molar-refractivity contribution >= 4 is 16.2 Å². The normalized spacial score (nSPS) is 18.2. The summed E-state index contributed by atoms with van der Waals surface area (Å²) in [5.41, 5.74) is 3.02. The van der Waals surface area contributed by atoms with Crippen LogP contribution in [0.4, 0.5) is 0 Å². The number of rotatable bonds is 10. The van der Waals surface area contributed by atoms with E-state index in [0.29, 0.717) is 41.4 Å². The SMILES string of the molecule is Cc1nc(-c2nnn(C)c2CNS(=O)(=O)NCc2ccccc2)ccc1OC1CCC[C@H](C(=O)O)C1. The van der Waals surface area contributed by atoms with Crippen LogP contribution in [-0.4, -0.2) is 45.6 Å². The Hall–Kier alpha value is -3.35. The number of nitrogens with one attached hydrogen (secondary N) is 2. The highest BCUT2D eigenvalue weighted by atomic mass is 32.2. The Labute approximate surface area is 210 Å². The van der Waals surface area contributed by atoms with E-state index in [1.54, 1.807) is 19.2 Å². The summed E-state index contributed by atoms with van der Waals surface area (Å²) < 4.78 is 37.6. The Morgan fingerprint density at radius 1 is 1.14 bits per heavy atom. The molecule has 1 saturated carbocycles. The maximum Gasteiger partial charge on any atom is 0.306 e. The molecule has 0 aliphatic heterocycles. The van der Waals surface area contributed by atoms with E-state index in [9.17, 15) is 18.3 Å². The second-order valence-electron chi connectivity index (χ2n) is 8.86. The molecule has 4 rings (SSSR count). The lowest BCUT2D eigenvalue weighted by molar-refractivity contribution is -0.143. The van der Waals surface area contributed by atoms with Gasteiger partial charge in [0.15, 0.2) is 0 Å². The summed E-state index contributed by atoms with van der Waals surface area (Å²) in [6, 6.07) is 12.8. The third kappa shape index (κ3) is 6.45. The summed E-state index contributed by atoms with van der Waals surface area (Å²) in [7, 11) is -2.08. The van der Waals surface area contributed by atoms with Crippen LogP contribution in [-0.2, 0) is 35.1 Å². The van der Waals surface area contributed by atoms with Crippen molar-refractivity contribution in [1.29, 1.82) is 0 Å². The number of pyridine rings is 1. The smallest absolute Gasteiger partial charge is 0.306 e. The standard InChI is InChI=1S/C24H30N6O5S/c1-16-22(35-19-10-6-9-18(13-19)24(31)32)12-11-20(27-16)23-21(30(2)29-28-23)15-26-36(33,34)25-14-17-7-4-3-5-8-17/h3-5,7-8,11-12,18-19,25-26H,6,9-10,13-15H2,1-2H3,(H,31,32)/t18-,19?/m0/s1. The molecule has 1 unspecified atom stereocenters. The molecule has 36 heavy (non-hydrogen) atoms. The molecule has 0 radical (unpaired) electrons. The van der Waals surface area contributed by atoms with Gasteiger partial charge in [-0.15, -0.1) is 5.10 Å². The molecule has 0 saturated heterocycles. The fourth-order valence-electron chi connectivity index (χ4n) is 4.22. The molecule has 1 aliphatic rings. The van der Waals surface area contributed by atoms with Gasteiger partial charge < -0.3 is 9.84 Å². The summed E-state index contributed by atoms with van der Waals surface area (Å²) in [4.78, 5) is 15.9. The van der Waals surface area contributed by atoms with Gasteiger partial charge in [-0.2, -0.15) is 17.9 Å². The van der Waals surface area contributed by atoms with Crippen LogP contribution in [0, 0.1) is 12.8 Å². The maximum atomic E-state index is 12.5. The van der Waals surface area contributed by atoms with Crippen LogP contribution in [0.15, 0.2) is 42.5 Å². The lowest BCUT2D eigenvalue weighted by Gasteiger charge is -2.27. The lowest BCUT2D eigenvalue weighted by Crippen LogP contribution is -2.36. The van der Waals surface area contributed by atoms with E-state index in [0.717, 1.165) is 18.4 Å². The molecule has 0 bridgehead atoms. The van der Waals surface area contributed by atoms with Gasteiger partial charge in [0.1, 0.15) is 11.4 Å². The molecule has 2 aromatic heterocycles. The van der Waals surface area contributed by atoms with Crippen molar-refractivity contribution in [3.63, 3.8) is 0 Å². The van der Waals surface area contributed by atoms with Crippen LogP contribution in [0.2, 0.25) is 0 Å². The highest BCUT2D eigenvalue weighted by molar-refractivity contribution is 7.87. The van der Waals surface area contributed by atoms with Crippen molar-refractivity contribution < 1.29 is 23.1 Å². The van der Waals surface area contributed by atoms with Crippen LogP contribution in [0.1, 0.15) is 42.6 Å². The number of aromatic nitrogens is 4. The molecule has 1 aromatic carbocycles. The van der Waals surface area contributed by atoms with Crippen molar-refractivity contribution in [2.75, 3.05) is 0 Å². The second kappa shape index (κ2) is 11.1. The van der Waals surface area contributed by atoms with E-state index >= 15 is 0 Å². The van der Waals surface area contributed by atoms with Gasteiger partial charge in [-0.3, -0.25) is 9.48 Å². The average Bonchev–Trinajstić information content (AvgIpc) is 3.24. The number of nitrogens with zero attached hydrogens (tertiary/aromatic N) is 4. The molecule has 12 heteroatoms. The predicted octanol–water partition coefficient (Wildman–Crippen LogP) is 2.33. The predicted molar refractivity (Wildman–Crippen MR) is 132 cm³/mol. The topological polar surface area (TPSA) is 148 Å². The van der Waals surface area contributed by atoms with Gasteiger partial charge in [-0.25, -0.2) is 4.98 Å². The fraction of sp³-hybridized carbons (Fsp3) is 0.417. The number of carboxylic acids is 1. The van der Waals surface area contributed by atoms with E-state index in [2.05, 4.69) is 24.7 Å². The molecule has 3 N–H and O–H groups in total. The first kappa shape index (κ1) is 25.7. The minimum atomic E-state index is -3.76. The number of hydrogen-bond donors (Lipinski definition) is 3. The first-order valence-electron chi connectivity index (χ1n) is 11.8. The third-order valence-corrected chi connectivity index (χ3v) is 7.28. The Morgan fingerprint density at radius 2 is 1.89 bits per heavy atom. The number of carbonyl (C=O) groups is 1. The van der Waals surface area contributed by atoms with Crippen molar-refractivity contribution in [1.82, 2.24) is 29.4 Å². The number of aryl methyl sites for hydroxylation is 2. The summed E-state index contributed by atoms with van der Waals surface area (Å²) in [6.07, 6.45) is 2.59. The van der Waals surface area contributed by atoms with E-state index in [-0.39, 0.29) is 25.1 Å². The maximum absolute atomic E-state index is 12.5. The van der Waals surface area contributed by atoms with Crippen LogP contribution in [0.3, 0.4) is 0 Å². The average molecular weight is 515 g/mol. The molecule has 3 aromatic rings. The van der Waals surface area contributed by atoms with E-state index < -0.39 is 16.2 Å². The number of ether oxygens (including phenoxy) is 1. The van der Waals surface area contributed by atoms with E-state index in [1.165, 1.54) is 4.68 Å². The van der Waals surface area contributed by atoms with Gasteiger partial charge in [0.05, 0.1) is 35.6 Å². The van der Waals surface area contributed by atoms with Crippen LogP contribution >= 0.6 is 0 Å². The minimum absolute atomic E-state index is 0.0272. The second-order valence-corrected chi connectivity index (χ2v) is 10.4. The largest absolute Gasteiger partial charge is 0.489 e. The van der Waals surface area contributed by atoms with Gasteiger partial charge in [0.2, 0.25) is 0 Å². The van der Waals surface area contributed by atoms with Crippen molar-refractivity contribution in [2.45, 2.75) is 51.8 Å². The molecular weight excluding hydrogens is 484 g/mol. The number of carboxylic acid groups (broad SMARTS) is 1. The molecule has 2 heterocycles. The van der Waals surface area contributed by atoms with Gasteiger partial charge in [0, 0.05) is 13.6 Å². The molecule has 192 valence electrons.